The summed E-state index contributed by atoms with van der Waals surface area (Å²) < 4.78 is 45.1. The van der Waals surface area contributed by atoms with Gasteiger partial charge in [0, 0.05) is 32.2 Å². The normalized spacial score (nSPS) is 26.1. The van der Waals surface area contributed by atoms with E-state index >= 15 is 0 Å². The van der Waals surface area contributed by atoms with Crippen LogP contribution in [0.2, 0.25) is 0 Å². The maximum Gasteiger partial charge on any atom is 0.410 e. The van der Waals surface area contributed by atoms with E-state index in [9.17, 15) is 9.18 Å². The van der Waals surface area contributed by atoms with Crippen LogP contribution in [0, 0.1) is 0 Å². The molecule has 0 saturated carbocycles. The van der Waals surface area contributed by atoms with Gasteiger partial charge in [0.1, 0.15) is 41.9 Å². The van der Waals surface area contributed by atoms with Crippen LogP contribution in [-0.4, -0.2) is 113 Å². The van der Waals surface area contributed by atoms with Crippen LogP contribution in [0.15, 0.2) is 36.4 Å². The first-order valence-corrected chi connectivity index (χ1v) is 19.4. The van der Waals surface area contributed by atoms with E-state index in [0.717, 1.165) is 55.0 Å². The summed E-state index contributed by atoms with van der Waals surface area (Å²) in [6.45, 7) is 10.4. The number of carbonyl (C=O) groups excluding carboxylic acids is 1. The van der Waals surface area contributed by atoms with Crippen molar-refractivity contribution in [2.45, 2.75) is 102 Å². The number of piperazine rings is 1. The van der Waals surface area contributed by atoms with Gasteiger partial charge in [-0.1, -0.05) is 25.1 Å². The minimum Gasteiger partial charge on any atom is -0.475 e. The molecule has 2 aromatic carbocycles. The SMILES string of the molecule is CCc1cccc2cc(OCOC)cc(-c3cc4nc(OC[C@@]56CCCN5C[C@@H](F)C6)nc5c4c(n3)OC[C@H]3[C@H]4CC[C@@H](CN53)N4C(=O)OC(C)(C)C)c12. The van der Waals surface area contributed by atoms with E-state index in [4.69, 9.17) is 38.6 Å². The molecule has 0 radical (unpaired) electrons. The van der Waals surface area contributed by atoms with E-state index in [1.165, 1.54) is 5.56 Å². The highest BCUT2D eigenvalue weighted by Gasteiger charge is 2.52. The Bertz CT molecular complexity index is 2110. The first-order chi connectivity index (χ1) is 26.0. The van der Waals surface area contributed by atoms with Gasteiger partial charge in [-0.05, 0) is 94.0 Å². The summed E-state index contributed by atoms with van der Waals surface area (Å²) in [5.74, 6) is 1.77. The first-order valence-electron chi connectivity index (χ1n) is 19.4. The van der Waals surface area contributed by atoms with Crippen molar-refractivity contribution in [3.63, 3.8) is 0 Å². The third-order valence-electron chi connectivity index (χ3n) is 11.9. The summed E-state index contributed by atoms with van der Waals surface area (Å²) in [7, 11) is 1.60. The number of pyridine rings is 1. The highest BCUT2D eigenvalue weighted by molar-refractivity contribution is 6.03. The molecule has 4 aromatic rings. The second-order valence-electron chi connectivity index (χ2n) is 16.5. The molecule has 0 N–H and O–H groups in total. The van der Waals surface area contributed by atoms with Crippen molar-refractivity contribution in [3.05, 3.63) is 42.0 Å². The number of anilines is 1. The van der Waals surface area contributed by atoms with Crippen molar-refractivity contribution < 1.29 is 32.9 Å². The molecular weight excluding hydrogens is 691 g/mol. The van der Waals surface area contributed by atoms with Crippen molar-refractivity contribution in [2.24, 2.45) is 0 Å². The van der Waals surface area contributed by atoms with Crippen molar-refractivity contribution in [3.8, 4) is 28.9 Å². The lowest BCUT2D eigenvalue weighted by Crippen LogP contribution is -2.63. The van der Waals surface area contributed by atoms with Crippen LogP contribution in [0.1, 0.15) is 65.4 Å². The number of alkyl halides is 1. The van der Waals surface area contributed by atoms with Crippen LogP contribution in [0.3, 0.4) is 0 Å². The number of aryl methyl sites for hydroxylation is 1. The number of benzene rings is 2. The number of carbonyl (C=O) groups is 1. The summed E-state index contributed by atoms with van der Waals surface area (Å²) in [6.07, 6.45) is 3.69. The number of methoxy groups -OCH3 is 1. The molecule has 5 atom stereocenters. The number of halogens is 1. The van der Waals surface area contributed by atoms with Gasteiger partial charge in [0.25, 0.3) is 0 Å². The van der Waals surface area contributed by atoms with Gasteiger partial charge in [0.15, 0.2) is 6.79 Å². The number of aromatic nitrogens is 3. The van der Waals surface area contributed by atoms with Crippen LogP contribution in [0.4, 0.5) is 15.0 Å². The summed E-state index contributed by atoms with van der Waals surface area (Å²) in [6, 6.07) is 12.1. The topological polar surface area (TPSA) is 112 Å². The van der Waals surface area contributed by atoms with Gasteiger partial charge in [-0.2, -0.15) is 9.97 Å². The summed E-state index contributed by atoms with van der Waals surface area (Å²) in [5, 5.41) is 2.81. The molecule has 2 bridgehead atoms. The van der Waals surface area contributed by atoms with Crippen molar-refractivity contribution in [2.75, 3.05) is 51.7 Å². The van der Waals surface area contributed by atoms with Crippen molar-refractivity contribution >= 4 is 33.6 Å². The molecule has 286 valence electrons. The van der Waals surface area contributed by atoms with Gasteiger partial charge >= 0.3 is 12.1 Å². The quantitative estimate of drug-likeness (QED) is 0.180. The van der Waals surface area contributed by atoms with Crippen LogP contribution in [-0.2, 0) is 15.9 Å². The molecule has 0 aliphatic carbocycles. The summed E-state index contributed by atoms with van der Waals surface area (Å²) in [4.78, 5) is 35.4. The third kappa shape index (κ3) is 6.03. The maximum atomic E-state index is 14.7. The predicted molar refractivity (Wildman–Crippen MR) is 202 cm³/mol. The molecule has 7 heterocycles. The fourth-order valence-corrected chi connectivity index (χ4v) is 9.68. The van der Waals surface area contributed by atoms with Gasteiger partial charge in [-0.15, -0.1) is 0 Å². The molecule has 2 aromatic heterocycles. The molecule has 4 saturated heterocycles. The van der Waals surface area contributed by atoms with Gasteiger partial charge in [-0.25, -0.2) is 14.2 Å². The Morgan fingerprint density at radius 1 is 1.06 bits per heavy atom. The van der Waals surface area contributed by atoms with E-state index < -0.39 is 11.8 Å². The molecule has 12 nitrogen and oxygen atoms in total. The Hall–Kier alpha value is -4.49. The molecule has 13 heteroatoms. The predicted octanol–water partition coefficient (Wildman–Crippen LogP) is 6.69. The lowest BCUT2D eigenvalue weighted by molar-refractivity contribution is 0.00537. The molecule has 5 aliphatic rings. The van der Waals surface area contributed by atoms with Gasteiger partial charge in [-0.3, -0.25) is 9.80 Å². The summed E-state index contributed by atoms with van der Waals surface area (Å²) in [5.41, 5.74) is 2.41. The fraction of sp³-hybridized carbons (Fsp3) is 0.561. The highest BCUT2D eigenvalue weighted by atomic mass is 19.1. The Morgan fingerprint density at radius 2 is 1.93 bits per heavy atom. The molecule has 54 heavy (non-hydrogen) atoms. The number of fused-ring (bicyclic) bond motifs is 7. The molecule has 5 aliphatic heterocycles. The number of hydrogen-bond acceptors (Lipinski definition) is 11. The van der Waals surface area contributed by atoms with Crippen molar-refractivity contribution in [1.82, 2.24) is 24.8 Å². The monoisotopic (exact) mass is 740 g/mol. The fourth-order valence-electron chi connectivity index (χ4n) is 9.68. The zero-order chi connectivity index (χ0) is 37.4. The average Bonchev–Trinajstić information content (AvgIpc) is 3.75. The molecule has 9 rings (SSSR count). The molecule has 4 fully saturated rings. The standard InChI is InChI=1S/C41H49FN6O6/c1-6-24-9-7-10-25-15-28(53-23-50-5)16-29(34(24)25)30-17-31-35-36(45-38(44-31)52-22-41-13-8-14-46(41)19-26(42)18-41)47-20-27-11-12-32(33(47)21-51-37(35)43-30)48(27)39(49)54-40(2,3)4/h7,9-10,15-17,26-27,32-33H,6,8,11-14,18-23H2,1-5H3/t26-,27-,32+,33-,41-/m0/s1. The number of nitrogens with zero attached hydrogens (tertiary/aromatic N) is 6. The van der Waals surface area contributed by atoms with E-state index in [0.29, 0.717) is 66.8 Å². The van der Waals surface area contributed by atoms with Gasteiger partial charge < -0.3 is 28.6 Å². The molecule has 1 amide bonds. The zero-order valence-corrected chi connectivity index (χ0v) is 31.8. The van der Waals surface area contributed by atoms with E-state index in [2.05, 4.69) is 34.9 Å². The van der Waals surface area contributed by atoms with Crippen LogP contribution in [0.25, 0.3) is 32.9 Å². The molecule has 0 unspecified atom stereocenters. The van der Waals surface area contributed by atoms with E-state index in [1.807, 2.05) is 43.9 Å². The number of hydrogen-bond donors (Lipinski definition) is 0. The maximum absolute atomic E-state index is 14.7. The lowest BCUT2D eigenvalue weighted by atomic mass is 9.95. The average molecular weight is 741 g/mol. The minimum atomic E-state index is -0.867. The summed E-state index contributed by atoms with van der Waals surface area (Å²) >= 11 is 0. The Balaban J connectivity index is 1.17. The largest absolute Gasteiger partial charge is 0.475 e. The van der Waals surface area contributed by atoms with Crippen LogP contribution >= 0.6 is 0 Å². The van der Waals surface area contributed by atoms with Crippen molar-refractivity contribution in [1.29, 1.82) is 0 Å². The number of amides is 1. The van der Waals surface area contributed by atoms with Gasteiger partial charge in [0.2, 0.25) is 5.88 Å². The third-order valence-corrected chi connectivity index (χ3v) is 11.9. The highest BCUT2D eigenvalue weighted by Crippen LogP contribution is 2.46. The van der Waals surface area contributed by atoms with Crippen LogP contribution in [0.5, 0.6) is 17.6 Å². The van der Waals surface area contributed by atoms with Crippen LogP contribution < -0.4 is 19.1 Å². The number of rotatable bonds is 8. The Labute approximate surface area is 314 Å². The first kappa shape index (κ1) is 35.2. The van der Waals surface area contributed by atoms with E-state index in [-0.39, 0.29) is 42.6 Å². The molecular formula is C41H49FN6O6. The van der Waals surface area contributed by atoms with Gasteiger partial charge in [0.05, 0.1) is 34.9 Å². The van der Waals surface area contributed by atoms with E-state index in [1.54, 1.807) is 7.11 Å². The lowest BCUT2D eigenvalue weighted by Gasteiger charge is -2.46. The Kier molecular flexibility index (Phi) is 8.72. The smallest absolute Gasteiger partial charge is 0.410 e. The second kappa shape index (κ2) is 13.4. The zero-order valence-electron chi connectivity index (χ0n) is 31.8. The molecule has 0 spiro atoms. The number of ether oxygens (including phenoxy) is 5. The second-order valence-corrected chi connectivity index (χ2v) is 16.5. The Morgan fingerprint density at radius 3 is 2.74 bits per heavy atom. The minimum absolute atomic E-state index is 0.0520.